The Morgan fingerprint density at radius 1 is 1.40 bits per heavy atom. The zero-order valence-corrected chi connectivity index (χ0v) is 15.0. The number of nitrogens with one attached hydrogen (secondary N) is 1. The third-order valence-corrected chi connectivity index (χ3v) is 5.47. The lowest BCUT2D eigenvalue weighted by molar-refractivity contribution is -0.130. The van der Waals surface area contributed by atoms with E-state index in [4.69, 9.17) is 10.00 Å². The molecule has 0 saturated carbocycles. The molecule has 25 heavy (non-hydrogen) atoms. The van der Waals surface area contributed by atoms with E-state index in [2.05, 4.69) is 23.5 Å². The highest BCUT2D eigenvalue weighted by atomic mass is 16.5. The molecule has 1 fully saturated rings. The fourth-order valence-corrected chi connectivity index (χ4v) is 3.98. The van der Waals surface area contributed by atoms with E-state index < -0.39 is 0 Å². The first-order valence-electron chi connectivity index (χ1n) is 9.27. The predicted molar refractivity (Wildman–Crippen MR) is 96.3 cm³/mol. The van der Waals surface area contributed by atoms with Crippen LogP contribution in [-0.2, 0) is 17.6 Å². The number of methoxy groups -OCH3 is 1. The van der Waals surface area contributed by atoms with Crippen LogP contribution in [0.15, 0.2) is 18.2 Å². The molecule has 1 heterocycles. The Labute approximate surface area is 150 Å². The van der Waals surface area contributed by atoms with Crippen LogP contribution in [0.2, 0.25) is 0 Å². The first-order chi connectivity index (χ1) is 12.2. The molecule has 5 heteroatoms. The molecule has 2 atom stereocenters. The zero-order valence-electron chi connectivity index (χ0n) is 15.0. The van der Waals surface area contributed by atoms with E-state index in [0.29, 0.717) is 12.5 Å². The van der Waals surface area contributed by atoms with Crippen LogP contribution < -0.4 is 10.1 Å². The van der Waals surface area contributed by atoms with Gasteiger partial charge in [-0.05, 0) is 74.2 Å². The molecule has 1 aliphatic heterocycles. The number of amides is 1. The molecule has 1 N–H and O–H groups in total. The number of benzene rings is 1. The van der Waals surface area contributed by atoms with Crippen LogP contribution in [0, 0.1) is 17.2 Å². The monoisotopic (exact) mass is 341 g/mol. The minimum absolute atomic E-state index is 0.0603. The lowest BCUT2D eigenvalue weighted by Gasteiger charge is -2.25. The fraction of sp³-hybridized carbons (Fsp3) is 0.600. The van der Waals surface area contributed by atoms with Gasteiger partial charge in [-0.2, -0.15) is 5.26 Å². The molecule has 134 valence electrons. The highest BCUT2D eigenvalue weighted by molar-refractivity contribution is 5.79. The van der Waals surface area contributed by atoms with Crippen molar-refractivity contribution in [2.75, 3.05) is 26.7 Å². The number of hydrogen-bond acceptors (Lipinski definition) is 4. The van der Waals surface area contributed by atoms with Crippen LogP contribution in [0.5, 0.6) is 5.75 Å². The fourth-order valence-electron chi connectivity index (χ4n) is 3.98. The molecule has 3 rings (SSSR count). The maximum absolute atomic E-state index is 12.2. The molecular formula is C20H27N3O2. The van der Waals surface area contributed by atoms with Crippen LogP contribution in [0.25, 0.3) is 0 Å². The lowest BCUT2D eigenvalue weighted by atomic mass is 9.82. The van der Waals surface area contributed by atoms with Crippen molar-refractivity contribution in [3.8, 4) is 11.8 Å². The topological polar surface area (TPSA) is 65.4 Å². The molecule has 1 aromatic carbocycles. The van der Waals surface area contributed by atoms with E-state index in [0.717, 1.165) is 50.9 Å². The van der Waals surface area contributed by atoms with Gasteiger partial charge >= 0.3 is 0 Å². The first kappa shape index (κ1) is 17.8. The number of carbonyl (C=O) groups is 1. The molecular weight excluding hydrogens is 314 g/mol. The van der Waals surface area contributed by atoms with Gasteiger partial charge in [0.25, 0.3) is 0 Å². The molecule has 1 aliphatic carbocycles. The van der Waals surface area contributed by atoms with Crippen LogP contribution >= 0.6 is 0 Å². The third-order valence-electron chi connectivity index (χ3n) is 5.47. The maximum atomic E-state index is 12.2. The normalized spacial score (nSPS) is 22.3. The van der Waals surface area contributed by atoms with Crippen molar-refractivity contribution >= 4 is 5.91 Å². The number of nitriles is 1. The van der Waals surface area contributed by atoms with Crippen molar-refractivity contribution < 1.29 is 9.53 Å². The average Bonchev–Trinajstić information content (AvgIpc) is 3.13. The second kappa shape index (κ2) is 8.35. The summed E-state index contributed by atoms with van der Waals surface area (Å²) in [6.45, 7) is 1.92. The Kier molecular flexibility index (Phi) is 5.93. The third kappa shape index (κ3) is 4.32. The van der Waals surface area contributed by atoms with Crippen molar-refractivity contribution in [2.24, 2.45) is 5.92 Å². The number of ether oxygens (including phenoxy) is 1. The van der Waals surface area contributed by atoms with Crippen molar-refractivity contribution in [3.63, 3.8) is 0 Å². The van der Waals surface area contributed by atoms with Crippen LogP contribution in [0.3, 0.4) is 0 Å². The summed E-state index contributed by atoms with van der Waals surface area (Å²) in [5.74, 6) is 1.67. The van der Waals surface area contributed by atoms with Gasteiger partial charge in [0.05, 0.1) is 19.7 Å². The summed E-state index contributed by atoms with van der Waals surface area (Å²) >= 11 is 0. The Morgan fingerprint density at radius 2 is 2.28 bits per heavy atom. The van der Waals surface area contributed by atoms with Gasteiger partial charge in [0, 0.05) is 6.54 Å². The maximum Gasteiger partial charge on any atom is 0.237 e. The van der Waals surface area contributed by atoms with E-state index >= 15 is 0 Å². The van der Waals surface area contributed by atoms with Gasteiger partial charge < -0.3 is 15.0 Å². The standard InChI is InChI=1S/C20H27N3O2/c1-25-19-7-6-16-11-15(4-5-17(16)12-19)8-9-22-14-20(24)23-10-2-3-18(23)13-21/h6-7,12,15,18,22H,2-5,8-11,14H2,1H3/t15?,18-/m0/s1. The molecule has 0 aromatic heterocycles. The van der Waals surface area contributed by atoms with Crippen LogP contribution in [0.1, 0.15) is 36.8 Å². The largest absolute Gasteiger partial charge is 0.497 e. The molecule has 1 aromatic rings. The summed E-state index contributed by atoms with van der Waals surface area (Å²) in [4.78, 5) is 13.9. The van der Waals surface area contributed by atoms with E-state index in [9.17, 15) is 4.79 Å². The number of fused-ring (bicyclic) bond motifs is 1. The molecule has 2 aliphatic rings. The Balaban J connectivity index is 1.40. The highest BCUT2D eigenvalue weighted by Gasteiger charge is 2.28. The van der Waals surface area contributed by atoms with E-state index in [1.54, 1.807) is 12.0 Å². The van der Waals surface area contributed by atoms with Crippen molar-refractivity contribution in [3.05, 3.63) is 29.3 Å². The molecule has 1 unspecified atom stereocenters. The van der Waals surface area contributed by atoms with E-state index in [-0.39, 0.29) is 11.9 Å². The van der Waals surface area contributed by atoms with Crippen molar-refractivity contribution in [1.82, 2.24) is 10.2 Å². The summed E-state index contributed by atoms with van der Waals surface area (Å²) in [7, 11) is 1.71. The molecule has 0 spiro atoms. The summed E-state index contributed by atoms with van der Waals surface area (Å²) in [5, 5.41) is 12.3. The number of likely N-dealkylation sites (tertiary alicyclic amines) is 1. The Morgan fingerprint density at radius 3 is 3.08 bits per heavy atom. The predicted octanol–water partition coefficient (Wildman–Crippen LogP) is 2.29. The molecule has 5 nitrogen and oxygen atoms in total. The highest BCUT2D eigenvalue weighted by Crippen LogP contribution is 2.29. The van der Waals surface area contributed by atoms with Crippen molar-refractivity contribution in [1.29, 1.82) is 5.26 Å². The summed E-state index contributed by atoms with van der Waals surface area (Å²) in [6.07, 6.45) is 6.24. The van der Waals surface area contributed by atoms with Gasteiger partial charge in [0.2, 0.25) is 5.91 Å². The zero-order chi connectivity index (χ0) is 17.6. The second-order valence-electron chi connectivity index (χ2n) is 7.08. The minimum atomic E-state index is -0.221. The van der Waals surface area contributed by atoms with Gasteiger partial charge in [-0.25, -0.2) is 0 Å². The molecule has 1 saturated heterocycles. The van der Waals surface area contributed by atoms with Crippen LogP contribution in [0.4, 0.5) is 0 Å². The number of aryl methyl sites for hydroxylation is 1. The van der Waals surface area contributed by atoms with E-state index in [1.807, 2.05) is 6.07 Å². The van der Waals surface area contributed by atoms with Gasteiger partial charge in [0.15, 0.2) is 0 Å². The quantitative estimate of drug-likeness (QED) is 0.806. The van der Waals surface area contributed by atoms with Gasteiger partial charge in [-0.3, -0.25) is 4.79 Å². The number of carbonyl (C=O) groups excluding carboxylic acids is 1. The molecule has 0 bridgehead atoms. The minimum Gasteiger partial charge on any atom is -0.497 e. The number of hydrogen-bond donors (Lipinski definition) is 1. The van der Waals surface area contributed by atoms with Gasteiger partial charge in [-0.15, -0.1) is 0 Å². The summed E-state index contributed by atoms with van der Waals surface area (Å²) in [6, 6.07) is 8.39. The smallest absolute Gasteiger partial charge is 0.237 e. The summed E-state index contributed by atoms with van der Waals surface area (Å²) < 4.78 is 5.30. The lowest BCUT2D eigenvalue weighted by Crippen LogP contribution is -2.41. The average molecular weight is 341 g/mol. The Hall–Kier alpha value is -2.06. The number of rotatable bonds is 6. The SMILES string of the molecule is COc1ccc2c(c1)CCC(CCNCC(=O)N1CCC[C@H]1C#N)C2. The van der Waals surface area contributed by atoms with Gasteiger partial charge in [-0.1, -0.05) is 6.07 Å². The Bertz CT molecular complexity index is 653. The first-order valence-corrected chi connectivity index (χ1v) is 9.27. The second-order valence-corrected chi connectivity index (χ2v) is 7.08. The summed E-state index contributed by atoms with van der Waals surface area (Å²) in [5.41, 5.74) is 2.84. The van der Waals surface area contributed by atoms with Gasteiger partial charge in [0.1, 0.15) is 11.8 Å². The number of nitrogens with zero attached hydrogens (tertiary/aromatic N) is 2. The van der Waals surface area contributed by atoms with Crippen LogP contribution in [-0.4, -0.2) is 43.6 Å². The molecule has 0 radical (unpaired) electrons. The molecule has 1 amide bonds. The van der Waals surface area contributed by atoms with Crippen molar-refractivity contribution in [2.45, 2.75) is 44.6 Å². The van der Waals surface area contributed by atoms with E-state index in [1.165, 1.54) is 17.5 Å².